The molecule has 1 aliphatic carbocycles. The van der Waals surface area contributed by atoms with E-state index in [1.165, 1.54) is 12.8 Å². The summed E-state index contributed by atoms with van der Waals surface area (Å²) in [5, 5.41) is 2.67. The van der Waals surface area contributed by atoms with Gasteiger partial charge in [-0.15, -0.1) is 0 Å². The highest BCUT2D eigenvalue weighted by Gasteiger charge is 2.35. The van der Waals surface area contributed by atoms with Crippen LogP contribution in [0.25, 0.3) is 0 Å². The van der Waals surface area contributed by atoms with E-state index in [-0.39, 0.29) is 5.63 Å². The summed E-state index contributed by atoms with van der Waals surface area (Å²) in [5.74, 6) is 0. The van der Waals surface area contributed by atoms with E-state index in [9.17, 15) is 4.79 Å². The molecule has 0 atom stereocenters. The topological polar surface area (TPSA) is 49.2 Å². The first-order chi connectivity index (χ1) is 5.84. The van der Waals surface area contributed by atoms with Gasteiger partial charge < -0.3 is 4.52 Å². The van der Waals surface area contributed by atoms with E-state index in [1.807, 2.05) is 0 Å². The van der Waals surface area contributed by atoms with Crippen LogP contribution in [0.5, 0.6) is 0 Å². The maximum Gasteiger partial charge on any atom is 0.362 e. The molecular weight excluding hydrogens is 156 g/mol. The van der Waals surface area contributed by atoms with Crippen LogP contribution in [0.15, 0.2) is 9.32 Å². The molecule has 12 heavy (non-hydrogen) atoms. The molecule has 2 aliphatic rings. The highest BCUT2D eigenvalue weighted by molar-refractivity contribution is 5.20. The summed E-state index contributed by atoms with van der Waals surface area (Å²) in [6.07, 6.45) is 2.57. The highest BCUT2D eigenvalue weighted by Crippen LogP contribution is 2.32. The van der Waals surface area contributed by atoms with Crippen molar-refractivity contribution in [3.8, 4) is 0 Å². The summed E-state index contributed by atoms with van der Waals surface area (Å²) in [4.78, 5) is 13.4. The number of H-pyrrole nitrogens is 1. The predicted octanol–water partition coefficient (Wildman–Crippen LogP) is 0.446. The molecule has 0 bridgehead atoms. The van der Waals surface area contributed by atoms with Crippen LogP contribution in [0, 0.1) is 0 Å². The molecule has 0 saturated heterocycles. The molecule has 1 aromatic rings. The normalized spacial score (nSPS) is 23.0. The van der Waals surface area contributed by atoms with Crippen molar-refractivity contribution in [2.24, 2.45) is 0 Å². The standard InChI is InChI=1S/C8H10N2O2/c11-8-6-3-10(5-1-2-5)4-7(6)9-12-8/h5,9H,1-4H2. The van der Waals surface area contributed by atoms with Gasteiger partial charge in [0.05, 0.1) is 11.3 Å². The minimum absolute atomic E-state index is 0.187. The predicted molar refractivity (Wildman–Crippen MR) is 41.6 cm³/mol. The van der Waals surface area contributed by atoms with Gasteiger partial charge in [-0.05, 0) is 12.8 Å². The van der Waals surface area contributed by atoms with Crippen LogP contribution < -0.4 is 5.63 Å². The third kappa shape index (κ3) is 0.783. The molecule has 0 radical (unpaired) electrons. The van der Waals surface area contributed by atoms with Crippen LogP contribution in [0.1, 0.15) is 24.1 Å². The Morgan fingerprint density at radius 2 is 2.25 bits per heavy atom. The number of fused-ring (bicyclic) bond motifs is 1. The van der Waals surface area contributed by atoms with Crippen LogP contribution in [-0.2, 0) is 13.1 Å². The highest BCUT2D eigenvalue weighted by atomic mass is 16.5. The maximum absolute atomic E-state index is 11.1. The van der Waals surface area contributed by atoms with Gasteiger partial charge in [0.15, 0.2) is 0 Å². The number of hydrogen-bond donors (Lipinski definition) is 1. The quantitative estimate of drug-likeness (QED) is 0.658. The van der Waals surface area contributed by atoms with E-state index < -0.39 is 0 Å². The average molecular weight is 166 g/mol. The van der Waals surface area contributed by atoms with E-state index in [0.717, 1.165) is 30.4 Å². The Morgan fingerprint density at radius 3 is 2.92 bits per heavy atom. The summed E-state index contributed by atoms with van der Waals surface area (Å²) < 4.78 is 4.68. The minimum Gasteiger partial charge on any atom is -0.338 e. The number of nitrogens with one attached hydrogen (secondary N) is 1. The second-order valence-electron chi connectivity index (χ2n) is 3.58. The Bertz CT molecular complexity index is 361. The van der Waals surface area contributed by atoms with Crippen LogP contribution in [0.4, 0.5) is 0 Å². The number of aromatic nitrogens is 1. The second-order valence-corrected chi connectivity index (χ2v) is 3.58. The zero-order valence-corrected chi connectivity index (χ0v) is 6.67. The van der Waals surface area contributed by atoms with E-state index >= 15 is 0 Å². The molecule has 0 unspecified atom stereocenters. The van der Waals surface area contributed by atoms with Gasteiger partial charge >= 0.3 is 5.63 Å². The molecule has 4 nitrogen and oxygen atoms in total. The van der Waals surface area contributed by atoms with E-state index in [4.69, 9.17) is 0 Å². The Balaban J connectivity index is 1.94. The largest absolute Gasteiger partial charge is 0.362 e. The lowest BCUT2D eigenvalue weighted by atomic mass is 10.3. The third-order valence-electron chi connectivity index (χ3n) is 2.66. The lowest BCUT2D eigenvalue weighted by molar-refractivity contribution is 0.254. The summed E-state index contributed by atoms with van der Waals surface area (Å²) in [6, 6.07) is 0.727. The van der Waals surface area contributed by atoms with E-state index in [1.54, 1.807) is 0 Å². The molecule has 0 amide bonds. The summed E-state index contributed by atoms with van der Waals surface area (Å²) >= 11 is 0. The molecule has 1 saturated carbocycles. The average Bonchev–Trinajstić information content (AvgIpc) is 2.73. The first-order valence-electron chi connectivity index (χ1n) is 4.28. The lowest BCUT2D eigenvalue weighted by Crippen LogP contribution is -2.20. The van der Waals surface area contributed by atoms with Gasteiger partial charge in [-0.25, -0.2) is 9.95 Å². The fourth-order valence-corrected chi connectivity index (χ4v) is 1.80. The molecular formula is C8H10N2O2. The van der Waals surface area contributed by atoms with E-state index in [2.05, 4.69) is 14.6 Å². The molecule has 2 heterocycles. The number of nitrogens with zero attached hydrogens (tertiary/aromatic N) is 1. The molecule has 64 valence electrons. The minimum atomic E-state index is -0.187. The first-order valence-corrected chi connectivity index (χ1v) is 4.28. The molecule has 3 rings (SSSR count). The molecule has 0 spiro atoms. The van der Waals surface area contributed by atoms with Gasteiger partial charge in [-0.3, -0.25) is 4.90 Å². The van der Waals surface area contributed by atoms with Crippen LogP contribution in [0.3, 0.4) is 0 Å². The summed E-state index contributed by atoms with van der Waals surface area (Å²) in [5.41, 5.74) is 1.63. The van der Waals surface area contributed by atoms with Crippen molar-refractivity contribution in [2.45, 2.75) is 32.0 Å². The fourth-order valence-electron chi connectivity index (χ4n) is 1.80. The Morgan fingerprint density at radius 1 is 1.42 bits per heavy atom. The van der Waals surface area contributed by atoms with Gasteiger partial charge in [-0.1, -0.05) is 0 Å². The zero-order chi connectivity index (χ0) is 8.13. The van der Waals surface area contributed by atoms with Crippen molar-refractivity contribution in [3.05, 3.63) is 21.7 Å². The Labute approximate surface area is 69.1 Å². The number of aromatic amines is 1. The molecule has 1 N–H and O–H groups in total. The van der Waals surface area contributed by atoms with Crippen LogP contribution in [-0.4, -0.2) is 16.1 Å². The third-order valence-corrected chi connectivity index (χ3v) is 2.66. The number of rotatable bonds is 1. The van der Waals surface area contributed by atoms with Crippen molar-refractivity contribution in [1.29, 1.82) is 0 Å². The lowest BCUT2D eigenvalue weighted by Gasteiger charge is -2.11. The van der Waals surface area contributed by atoms with Crippen molar-refractivity contribution in [2.75, 3.05) is 0 Å². The SMILES string of the molecule is O=c1o[nH]c2c1CN(C1CC1)C2. The molecule has 4 heteroatoms. The molecule has 0 aromatic carbocycles. The van der Waals surface area contributed by atoms with Gasteiger partial charge in [0.25, 0.3) is 0 Å². The molecule has 1 fully saturated rings. The number of hydrogen-bond acceptors (Lipinski definition) is 3. The van der Waals surface area contributed by atoms with Crippen molar-refractivity contribution in [1.82, 2.24) is 10.1 Å². The molecule has 1 aromatic heterocycles. The summed E-state index contributed by atoms with van der Waals surface area (Å²) in [6.45, 7) is 1.65. The van der Waals surface area contributed by atoms with Crippen molar-refractivity contribution in [3.63, 3.8) is 0 Å². The monoisotopic (exact) mass is 166 g/mol. The summed E-state index contributed by atoms with van der Waals surface area (Å²) in [7, 11) is 0. The zero-order valence-electron chi connectivity index (χ0n) is 6.67. The van der Waals surface area contributed by atoms with Gasteiger partial charge in [0.1, 0.15) is 0 Å². The van der Waals surface area contributed by atoms with Gasteiger partial charge in [-0.2, -0.15) is 0 Å². The van der Waals surface area contributed by atoms with Crippen LogP contribution >= 0.6 is 0 Å². The van der Waals surface area contributed by atoms with E-state index in [0.29, 0.717) is 0 Å². The van der Waals surface area contributed by atoms with Crippen LogP contribution in [0.2, 0.25) is 0 Å². The Kier molecular flexibility index (Phi) is 1.09. The van der Waals surface area contributed by atoms with Gasteiger partial charge in [0, 0.05) is 19.1 Å². The maximum atomic E-state index is 11.1. The Hall–Kier alpha value is -1.03. The molecule has 1 aliphatic heterocycles. The van der Waals surface area contributed by atoms with Gasteiger partial charge in [0.2, 0.25) is 0 Å². The smallest absolute Gasteiger partial charge is 0.338 e. The van der Waals surface area contributed by atoms with Crippen molar-refractivity contribution >= 4 is 0 Å². The fraction of sp³-hybridized carbons (Fsp3) is 0.625. The first kappa shape index (κ1) is 6.48. The second kappa shape index (κ2) is 2.01. The van der Waals surface area contributed by atoms with Crippen molar-refractivity contribution < 1.29 is 4.52 Å².